The minimum absolute atomic E-state index is 0.156. The number of anilines is 1. The highest BCUT2D eigenvalue weighted by molar-refractivity contribution is 6.16. The summed E-state index contributed by atoms with van der Waals surface area (Å²) in [6, 6.07) is 9.58. The first-order valence-corrected chi connectivity index (χ1v) is 9.56. The molecule has 1 aliphatic heterocycles. The Labute approximate surface area is 167 Å². The van der Waals surface area contributed by atoms with Crippen molar-refractivity contribution in [1.82, 2.24) is 24.7 Å². The number of morpholine rings is 1. The molecular weight excluding hydrogens is 368 g/mol. The summed E-state index contributed by atoms with van der Waals surface area (Å²) >= 11 is 0. The van der Waals surface area contributed by atoms with Crippen LogP contribution in [0.1, 0.15) is 15.9 Å². The monoisotopic (exact) mass is 388 g/mol. The Bertz CT molecular complexity index is 1170. The summed E-state index contributed by atoms with van der Waals surface area (Å²) in [5.74, 6) is 0.616. The van der Waals surface area contributed by atoms with E-state index in [2.05, 4.69) is 25.2 Å². The Hall–Kier alpha value is -3.52. The molecular formula is C21H20N6O2. The van der Waals surface area contributed by atoms with E-state index in [0.717, 1.165) is 41.0 Å². The molecule has 4 aromatic rings. The lowest BCUT2D eigenvalue weighted by molar-refractivity contribution is 0.0954. The van der Waals surface area contributed by atoms with Gasteiger partial charge in [0.05, 0.1) is 29.7 Å². The van der Waals surface area contributed by atoms with E-state index in [1.165, 1.54) is 0 Å². The molecule has 0 saturated carbocycles. The minimum atomic E-state index is -0.156. The van der Waals surface area contributed by atoms with Gasteiger partial charge in [-0.05, 0) is 23.8 Å². The topological polar surface area (TPSA) is 84.7 Å². The SMILES string of the molecule is O=C(NCc1cccnc1)c1c2c(N3CCOCC3)ncnc2n2ccccc12. The molecule has 4 aromatic heterocycles. The molecule has 0 aromatic carbocycles. The predicted octanol–water partition coefficient (Wildman–Crippen LogP) is 2.04. The van der Waals surface area contributed by atoms with Gasteiger partial charge in [0.2, 0.25) is 0 Å². The number of hydrogen-bond donors (Lipinski definition) is 1. The maximum absolute atomic E-state index is 13.3. The molecule has 1 N–H and O–H groups in total. The first-order chi connectivity index (χ1) is 14.3. The highest BCUT2D eigenvalue weighted by Gasteiger charge is 2.25. The molecule has 0 aliphatic carbocycles. The largest absolute Gasteiger partial charge is 0.378 e. The van der Waals surface area contributed by atoms with Crippen LogP contribution in [0.3, 0.4) is 0 Å². The second-order valence-corrected chi connectivity index (χ2v) is 6.87. The van der Waals surface area contributed by atoms with Crippen LogP contribution in [-0.2, 0) is 11.3 Å². The maximum Gasteiger partial charge on any atom is 0.254 e. The Morgan fingerprint density at radius 1 is 1.14 bits per heavy atom. The number of aromatic nitrogens is 4. The minimum Gasteiger partial charge on any atom is -0.378 e. The van der Waals surface area contributed by atoms with Gasteiger partial charge in [-0.3, -0.25) is 9.78 Å². The summed E-state index contributed by atoms with van der Waals surface area (Å²) in [6.07, 6.45) is 6.94. The van der Waals surface area contributed by atoms with Crippen molar-refractivity contribution in [1.29, 1.82) is 0 Å². The van der Waals surface area contributed by atoms with Gasteiger partial charge in [0.15, 0.2) is 5.65 Å². The van der Waals surface area contributed by atoms with Gasteiger partial charge in [0.1, 0.15) is 12.1 Å². The molecule has 8 nitrogen and oxygen atoms in total. The molecule has 0 atom stereocenters. The molecule has 5 rings (SSSR count). The van der Waals surface area contributed by atoms with Gasteiger partial charge >= 0.3 is 0 Å². The van der Waals surface area contributed by atoms with E-state index in [-0.39, 0.29) is 5.91 Å². The fourth-order valence-corrected chi connectivity index (χ4v) is 3.75. The molecule has 1 fully saturated rings. The van der Waals surface area contributed by atoms with Crippen molar-refractivity contribution in [3.8, 4) is 0 Å². The maximum atomic E-state index is 13.3. The third-order valence-corrected chi connectivity index (χ3v) is 5.12. The van der Waals surface area contributed by atoms with E-state index >= 15 is 0 Å². The second kappa shape index (κ2) is 7.48. The summed E-state index contributed by atoms with van der Waals surface area (Å²) < 4.78 is 7.43. The third kappa shape index (κ3) is 3.17. The van der Waals surface area contributed by atoms with Crippen LogP contribution < -0.4 is 10.2 Å². The smallest absolute Gasteiger partial charge is 0.254 e. The van der Waals surface area contributed by atoms with Crippen molar-refractivity contribution in [2.75, 3.05) is 31.2 Å². The van der Waals surface area contributed by atoms with Crippen LogP contribution in [-0.4, -0.2) is 51.6 Å². The number of carbonyl (C=O) groups excluding carboxylic acids is 1. The van der Waals surface area contributed by atoms with Crippen LogP contribution in [0.25, 0.3) is 16.6 Å². The Balaban J connectivity index is 1.62. The lowest BCUT2D eigenvalue weighted by Crippen LogP contribution is -2.37. The van der Waals surface area contributed by atoms with Crippen molar-refractivity contribution in [2.45, 2.75) is 6.54 Å². The van der Waals surface area contributed by atoms with Gasteiger partial charge in [-0.15, -0.1) is 0 Å². The van der Waals surface area contributed by atoms with Crippen LogP contribution in [0.5, 0.6) is 0 Å². The van der Waals surface area contributed by atoms with Crippen molar-refractivity contribution in [3.05, 3.63) is 66.4 Å². The molecule has 0 bridgehead atoms. The Morgan fingerprint density at radius 3 is 2.86 bits per heavy atom. The van der Waals surface area contributed by atoms with Gasteiger partial charge in [0, 0.05) is 38.2 Å². The zero-order valence-corrected chi connectivity index (χ0v) is 15.8. The molecule has 0 unspecified atom stereocenters. The number of amides is 1. The highest BCUT2D eigenvalue weighted by Crippen LogP contribution is 2.32. The molecule has 29 heavy (non-hydrogen) atoms. The Morgan fingerprint density at radius 2 is 2.03 bits per heavy atom. The van der Waals surface area contributed by atoms with Gasteiger partial charge in [0.25, 0.3) is 5.91 Å². The lowest BCUT2D eigenvalue weighted by atomic mass is 10.1. The fourth-order valence-electron chi connectivity index (χ4n) is 3.75. The van der Waals surface area contributed by atoms with Crippen molar-refractivity contribution in [3.63, 3.8) is 0 Å². The average molecular weight is 388 g/mol. The van der Waals surface area contributed by atoms with Crippen LogP contribution in [0.2, 0.25) is 0 Å². The summed E-state index contributed by atoms with van der Waals surface area (Å²) in [7, 11) is 0. The first-order valence-electron chi connectivity index (χ1n) is 9.56. The van der Waals surface area contributed by atoms with E-state index in [1.807, 2.05) is 40.9 Å². The van der Waals surface area contributed by atoms with Crippen molar-refractivity contribution >= 4 is 28.3 Å². The number of carbonyl (C=O) groups is 1. The van der Waals surface area contributed by atoms with Gasteiger partial charge in [-0.25, -0.2) is 9.97 Å². The van der Waals surface area contributed by atoms with E-state index in [4.69, 9.17) is 4.74 Å². The number of pyridine rings is 2. The van der Waals surface area contributed by atoms with Crippen molar-refractivity contribution in [2.24, 2.45) is 0 Å². The molecule has 5 heterocycles. The molecule has 146 valence electrons. The summed E-state index contributed by atoms with van der Waals surface area (Å²) in [5.41, 5.74) is 3.06. The second-order valence-electron chi connectivity index (χ2n) is 6.87. The van der Waals surface area contributed by atoms with E-state index in [0.29, 0.717) is 25.3 Å². The summed E-state index contributed by atoms with van der Waals surface area (Å²) in [4.78, 5) is 28.6. The number of ether oxygens (including phenoxy) is 1. The standard InChI is InChI=1S/C21H20N6O2/c28-21(23-13-15-4-3-6-22-12-15)17-16-5-1-2-7-27(16)20-18(17)19(24-14-25-20)26-8-10-29-11-9-26/h1-7,12,14H,8-11,13H2,(H,23,28). The van der Waals surface area contributed by atoms with Gasteiger partial charge in [-0.2, -0.15) is 0 Å². The van der Waals surface area contributed by atoms with E-state index < -0.39 is 0 Å². The quantitative estimate of drug-likeness (QED) is 0.576. The van der Waals surface area contributed by atoms with Crippen LogP contribution in [0.4, 0.5) is 5.82 Å². The number of rotatable bonds is 4. The van der Waals surface area contributed by atoms with Gasteiger partial charge in [-0.1, -0.05) is 12.1 Å². The highest BCUT2D eigenvalue weighted by atomic mass is 16.5. The normalized spacial score (nSPS) is 14.4. The van der Waals surface area contributed by atoms with E-state index in [9.17, 15) is 4.79 Å². The summed E-state index contributed by atoms with van der Waals surface area (Å²) in [5, 5.41) is 3.79. The molecule has 0 spiro atoms. The number of nitrogens with one attached hydrogen (secondary N) is 1. The molecule has 1 aliphatic rings. The Kier molecular flexibility index (Phi) is 4.53. The molecule has 1 saturated heterocycles. The van der Waals surface area contributed by atoms with Crippen LogP contribution in [0, 0.1) is 0 Å². The summed E-state index contributed by atoms with van der Waals surface area (Å²) in [6.45, 7) is 3.14. The van der Waals surface area contributed by atoms with Crippen LogP contribution in [0.15, 0.2) is 55.2 Å². The molecule has 0 radical (unpaired) electrons. The number of nitrogens with zero attached hydrogens (tertiary/aromatic N) is 5. The molecule has 8 heteroatoms. The zero-order valence-electron chi connectivity index (χ0n) is 15.8. The number of hydrogen-bond acceptors (Lipinski definition) is 6. The van der Waals surface area contributed by atoms with Gasteiger partial charge < -0.3 is 19.4 Å². The predicted molar refractivity (Wildman–Crippen MR) is 109 cm³/mol. The van der Waals surface area contributed by atoms with E-state index in [1.54, 1.807) is 18.7 Å². The first kappa shape index (κ1) is 17.6. The molecule has 1 amide bonds. The lowest BCUT2D eigenvalue weighted by Gasteiger charge is -2.28. The zero-order chi connectivity index (χ0) is 19.6. The average Bonchev–Trinajstić information content (AvgIpc) is 3.13. The fraction of sp³-hybridized carbons (Fsp3) is 0.238. The van der Waals surface area contributed by atoms with Crippen LogP contribution >= 0.6 is 0 Å². The van der Waals surface area contributed by atoms with Crippen molar-refractivity contribution < 1.29 is 9.53 Å². The number of fused-ring (bicyclic) bond motifs is 3. The third-order valence-electron chi connectivity index (χ3n) is 5.12.